The number of benzene rings is 1. The third-order valence-corrected chi connectivity index (χ3v) is 3.47. The smallest absolute Gasteiger partial charge is 0.205 e. The van der Waals surface area contributed by atoms with Crippen LogP contribution in [-0.4, -0.2) is 21.2 Å². The molecule has 0 amide bonds. The lowest BCUT2D eigenvalue weighted by Crippen LogP contribution is -2.19. The molecule has 0 spiro atoms. The van der Waals surface area contributed by atoms with Crippen LogP contribution in [-0.2, 0) is 20.6 Å². The van der Waals surface area contributed by atoms with Crippen LogP contribution >= 0.6 is 0 Å². The van der Waals surface area contributed by atoms with E-state index >= 15 is 0 Å². The quantitative estimate of drug-likeness (QED) is 0.838. The van der Waals surface area contributed by atoms with Crippen molar-refractivity contribution in [2.24, 2.45) is 0 Å². The minimum Gasteiger partial charge on any atom is -0.463 e. The second-order valence-corrected chi connectivity index (χ2v) is 5.56. The van der Waals surface area contributed by atoms with E-state index in [9.17, 15) is 8.76 Å². The molecule has 1 aromatic carbocycles. The number of hydrogen-bond donors (Lipinski definition) is 1. The largest absolute Gasteiger partial charge is 0.463 e. The molecule has 1 unspecified atom stereocenters. The summed E-state index contributed by atoms with van der Waals surface area (Å²) in [4.78, 5) is 0.278. The van der Waals surface area contributed by atoms with Crippen LogP contribution in [0.15, 0.2) is 30.0 Å². The van der Waals surface area contributed by atoms with Gasteiger partial charge < -0.3 is 14.0 Å². The molecule has 0 aliphatic carbocycles. The Morgan fingerprint density at radius 1 is 1.33 bits per heavy atom. The lowest BCUT2D eigenvalue weighted by atomic mass is 10.1. The van der Waals surface area contributed by atoms with Crippen LogP contribution in [0.3, 0.4) is 0 Å². The van der Waals surface area contributed by atoms with Crippen LogP contribution < -0.4 is 0 Å². The maximum atomic E-state index is 11.5. The molecule has 1 saturated heterocycles. The number of hydrogen-bond acceptors (Lipinski definition) is 3. The Labute approximate surface area is 109 Å². The lowest BCUT2D eigenvalue weighted by Gasteiger charge is -2.16. The van der Waals surface area contributed by atoms with Crippen LogP contribution in [0.1, 0.15) is 25.0 Å². The summed E-state index contributed by atoms with van der Waals surface area (Å²) < 4.78 is 31.9. The Kier molecular flexibility index (Phi) is 3.56. The van der Waals surface area contributed by atoms with Crippen molar-refractivity contribution in [3.8, 4) is 0 Å². The molecule has 1 heterocycles. The Balaban J connectivity index is 2.44. The number of ether oxygens (including phenoxy) is 2. The van der Waals surface area contributed by atoms with E-state index in [0.29, 0.717) is 11.3 Å². The van der Waals surface area contributed by atoms with Crippen molar-refractivity contribution in [1.29, 1.82) is 0 Å². The van der Waals surface area contributed by atoms with Gasteiger partial charge in [-0.15, -0.1) is 0 Å². The van der Waals surface area contributed by atoms with E-state index in [1.54, 1.807) is 26.0 Å². The molecule has 1 N–H and O–H groups in total. The highest BCUT2D eigenvalue weighted by Crippen LogP contribution is 2.32. The third-order valence-electron chi connectivity index (χ3n) is 2.66. The fourth-order valence-corrected chi connectivity index (χ4v) is 2.40. The molecule has 2 rings (SSSR count). The van der Waals surface area contributed by atoms with Crippen LogP contribution in [0, 0.1) is 6.92 Å². The molecule has 0 aromatic heterocycles. The lowest BCUT2D eigenvalue weighted by molar-refractivity contribution is -0.116. The fourth-order valence-electron chi connectivity index (χ4n) is 1.77. The molecule has 5 heteroatoms. The van der Waals surface area contributed by atoms with Gasteiger partial charge in [0.2, 0.25) is 5.79 Å². The van der Waals surface area contributed by atoms with Gasteiger partial charge in [-0.3, -0.25) is 0 Å². The Bertz CT molecular complexity index is 502. The summed E-state index contributed by atoms with van der Waals surface area (Å²) in [5.41, 5.74) is 1.77. The van der Waals surface area contributed by atoms with Crippen LogP contribution in [0.25, 0.3) is 4.91 Å². The van der Waals surface area contributed by atoms with Gasteiger partial charge >= 0.3 is 0 Å². The Morgan fingerprint density at radius 2 is 1.94 bits per heavy atom. The summed E-state index contributed by atoms with van der Waals surface area (Å²) in [6.07, 6.45) is 0. The summed E-state index contributed by atoms with van der Waals surface area (Å²) in [6.45, 7) is 5.72. The van der Waals surface area contributed by atoms with Crippen LogP contribution in [0.2, 0.25) is 0 Å². The molecule has 0 saturated carbocycles. The van der Waals surface area contributed by atoms with Crippen molar-refractivity contribution in [2.45, 2.75) is 26.6 Å². The first-order valence-corrected chi connectivity index (χ1v) is 6.74. The second-order valence-electron chi connectivity index (χ2n) is 4.66. The van der Waals surface area contributed by atoms with Gasteiger partial charge in [0, 0.05) is 13.8 Å². The first-order chi connectivity index (χ1) is 8.39. The van der Waals surface area contributed by atoms with Gasteiger partial charge in [-0.1, -0.05) is 29.8 Å². The normalized spacial score (nSPS) is 22.4. The van der Waals surface area contributed by atoms with Crippen molar-refractivity contribution in [2.75, 3.05) is 6.61 Å². The number of aryl methyl sites for hydroxylation is 1. The van der Waals surface area contributed by atoms with E-state index in [0.717, 1.165) is 5.56 Å². The average molecular weight is 268 g/mol. The first kappa shape index (κ1) is 13.3. The molecule has 18 heavy (non-hydrogen) atoms. The van der Waals surface area contributed by atoms with Gasteiger partial charge in [0.15, 0.2) is 11.1 Å². The topological polar surface area (TPSA) is 55.8 Å². The van der Waals surface area contributed by atoms with Gasteiger partial charge in [-0.25, -0.2) is 4.21 Å². The van der Waals surface area contributed by atoms with Gasteiger partial charge in [0.25, 0.3) is 0 Å². The highest BCUT2D eigenvalue weighted by Gasteiger charge is 2.32. The minimum atomic E-state index is -2.11. The third kappa shape index (κ3) is 2.80. The fraction of sp³-hybridized carbons (Fsp3) is 0.385. The maximum absolute atomic E-state index is 11.5. The highest BCUT2D eigenvalue weighted by atomic mass is 32.2. The molecule has 4 nitrogen and oxygen atoms in total. The van der Waals surface area contributed by atoms with Crippen molar-refractivity contribution in [1.82, 2.24) is 0 Å². The van der Waals surface area contributed by atoms with Crippen molar-refractivity contribution in [3.05, 3.63) is 41.2 Å². The van der Waals surface area contributed by atoms with Crippen molar-refractivity contribution >= 4 is 16.0 Å². The van der Waals surface area contributed by atoms with E-state index in [1.165, 1.54) is 0 Å². The standard InChI is InChI=1S/C13H16O4S/c1-9-4-6-10(7-5-9)12(18(14)15)11-8-16-13(2,3)17-11/h4-7H,8H2,1-3H3,(H,14,15). The van der Waals surface area contributed by atoms with Gasteiger partial charge in [-0.2, -0.15) is 0 Å². The predicted octanol–water partition coefficient (Wildman–Crippen LogP) is 2.67. The Morgan fingerprint density at radius 3 is 2.39 bits per heavy atom. The Hall–Kier alpha value is -1.17. The van der Waals surface area contributed by atoms with E-state index in [-0.39, 0.29) is 11.5 Å². The molecular weight excluding hydrogens is 252 g/mol. The monoisotopic (exact) mass is 268 g/mol. The van der Waals surface area contributed by atoms with E-state index in [1.807, 2.05) is 19.1 Å². The molecule has 1 fully saturated rings. The average Bonchev–Trinajstić information content (AvgIpc) is 2.61. The summed E-state index contributed by atoms with van der Waals surface area (Å²) in [5, 5.41) is 0. The van der Waals surface area contributed by atoms with Gasteiger partial charge in [0.05, 0.1) is 0 Å². The second kappa shape index (κ2) is 4.84. The highest BCUT2D eigenvalue weighted by molar-refractivity contribution is 7.89. The summed E-state index contributed by atoms with van der Waals surface area (Å²) in [6, 6.07) is 7.40. The molecule has 1 aromatic rings. The van der Waals surface area contributed by atoms with E-state index < -0.39 is 16.9 Å². The molecule has 1 aliphatic heterocycles. The molecule has 1 aliphatic rings. The summed E-state index contributed by atoms with van der Waals surface area (Å²) in [7, 11) is 0. The molecule has 98 valence electrons. The zero-order chi connectivity index (χ0) is 13.3. The van der Waals surface area contributed by atoms with Crippen molar-refractivity contribution in [3.63, 3.8) is 0 Å². The molecular formula is C13H16O4S. The maximum Gasteiger partial charge on any atom is 0.205 e. The molecule has 1 atom stereocenters. The van der Waals surface area contributed by atoms with E-state index in [4.69, 9.17) is 9.47 Å². The molecule has 0 radical (unpaired) electrons. The number of rotatable bonds is 2. The van der Waals surface area contributed by atoms with Gasteiger partial charge in [-0.05, 0) is 12.5 Å². The summed E-state index contributed by atoms with van der Waals surface area (Å²) >= 11 is -2.11. The van der Waals surface area contributed by atoms with Gasteiger partial charge in [0.1, 0.15) is 17.3 Å². The first-order valence-electron chi connectivity index (χ1n) is 5.63. The predicted molar refractivity (Wildman–Crippen MR) is 70.0 cm³/mol. The van der Waals surface area contributed by atoms with E-state index in [2.05, 4.69) is 0 Å². The summed E-state index contributed by atoms with van der Waals surface area (Å²) in [5.74, 6) is -0.324. The SMILES string of the molecule is Cc1ccc(C(=C2COC(C)(C)O2)S(=O)O)cc1. The van der Waals surface area contributed by atoms with Crippen LogP contribution in [0.4, 0.5) is 0 Å². The van der Waals surface area contributed by atoms with Crippen LogP contribution in [0.5, 0.6) is 0 Å². The zero-order valence-electron chi connectivity index (χ0n) is 10.6. The minimum absolute atomic E-state index is 0.211. The molecule has 0 bridgehead atoms. The zero-order valence-corrected chi connectivity index (χ0v) is 11.4. The van der Waals surface area contributed by atoms with Crippen molar-refractivity contribution < 1.29 is 18.2 Å².